The molecule has 4 rings (SSSR count). The van der Waals surface area contributed by atoms with Crippen LogP contribution in [-0.4, -0.2) is 22.4 Å². The standard InChI is InChI=1S/C21H19F3N2O/c22-21(23,24)27-18-9-4-6-16(14-18)15-26-13-12-25-11-5-10-19(25)20(26)17-7-2-1-3-8-17/h1-11,14,20H,12-13,15H2. The Bertz CT molecular complexity index is 905. The first-order valence-electron chi connectivity index (χ1n) is 8.78. The average Bonchev–Trinajstić information content (AvgIpc) is 3.10. The second kappa shape index (κ2) is 7.12. The molecule has 0 saturated heterocycles. The van der Waals surface area contributed by atoms with Crippen LogP contribution >= 0.6 is 0 Å². The summed E-state index contributed by atoms with van der Waals surface area (Å²) in [5.41, 5.74) is 3.15. The number of nitrogens with zero attached hydrogens (tertiary/aromatic N) is 2. The van der Waals surface area contributed by atoms with Crippen molar-refractivity contribution in [2.45, 2.75) is 25.5 Å². The number of fused-ring (bicyclic) bond motifs is 1. The van der Waals surface area contributed by atoms with E-state index in [2.05, 4.69) is 38.6 Å². The molecule has 2 aromatic carbocycles. The van der Waals surface area contributed by atoms with Crippen LogP contribution in [0.4, 0.5) is 13.2 Å². The van der Waals surface area contributed by atoms with Gasteiger partial charge in [-0.05, 0) is 35.4 Å². The molecule has 1 aliphatic heterocycles. The maximum atomic E-state index is 12.5. The molecular formula is C21H19F3N2O. The molecule has 0 spiro atoms. The van der Waals surface area contributed by atoms with Crippen LogP contribution in [0.3, 0.4) is 0 Å². The lowest BCUT2D eigenvalue weighted by atomic mass is 9.99. The van der Waals surface area contributed by atoms with Crippen molar-refractivity contribution >= 4 is 0 Å². The third-order valence-electron chi connectivity index (χ3n) is 4.77. The predicted octanol–water partition coefficient (Wildman–Crippen LogP) is 4.99. The lowest BCUT2D eigenvalue weighted by Crippen LogP contribution is -2.37. The van der Waals surface area contributed by atoms with Gasteiger partial charge in [0.25, 0.3) is 0 Å². The van der Waals surface area contributed by atoms with Crippen LogP contribution in [0.1, 0.15) is 22.9 Å². The Balaban J connectivity index is 1.62. The number of rotatable bonds is 4. The zero-order valence-electron chi connectivity index (χ0n) is 14.6. The Labute approximate surface area is 155 Å². The fraction of sp³-hybridized carbons (Fsp3) is 0.238. The number of benzene rings is 2. The topological polar surface area (TPSA) is 17.4 Å². The molecule has 1 unspecified atom stereocenters. The third kappa shape index (κ3) is 4.01. The largest absolute Gasteiger partial charge is 0.573 e. The molecule has 0 amide bonds. The molecule has 3 aromatic rings. The summed E-state index contributed by atoms with van der Waals surface area (Å²) in [5.74, 6) is -0.184. The SMILES string of the molecule is FC(F)(F)Oc1cccc(CN2CCn3cccc3C2c2ccccc2)c1. The van der Waals surface area contributed by atoms with Crippen molar-refractivity contribution in [1.82, 2.24) is 9.47 Å². The molecule has 0 fully saturated rings. The lowest BCUT2D eigenvalue weighted by molar-refractivity contribution is -0.274. The highest BCUT2D eigenvalue weighted by Crippen LogP contribution is 2.34. The summed E-state index contributed by atoms with van der Waals surface area (Å²) < 4.78 is 43.8. The van der Waals surface area contributed by atoms with E-state index in [0.717, 1.165) is 18.7 Å². The molecule has 0 bridgehead atoms. The van der Waals surface area contributed by atoms with Gasteiger partial charge < -0.3 is 9.30 Å². The van der Waals surface area contributed by atoms with Gasteiger partial charge in [-0.25, -0.2) is 0 Å². The van der Waals surface area contributed by atoms with E-state index in [-0.39, 0.29) is 11.8 Å². The molecule has 0 aliphatic carbocycles. The first-order valence-corrected chi connectivity index (χ1v) is 8.78. The van der Waals surface area contributed by atoms with Crippen molar-refractivity contribution in [3.05, 3.63) is 89.7 Å². The molecule has 2 heterocycles. The first-order chi connectivity index (χ1) is 13.0. The van der Waals surface area contributed by atoms with Gasteiger partial charge in [-0.1, -0.05) is 42.5 Å². The molecule has 1 atom stereocenters. The quantitative estimate of drug-likeness (QED) is 0.642. The molecular weight excluding hydrogens is 353 g/mol. The molecule has 6 heteroatoms. The number of hydrogen-bond donors (Lipinski definition) is 0. The van der Waals surface area contributed by atoms with Gasteiger partial charge in [0.2, 0.25) is 0 Å². The molecule has 0 radical (unpaired) electrons. The summed E-state index contributed by atoms with van der Waals surface area (Å²) in [7, 11) is 0. The van der Waals surface area contributed by atoms with E-state index in [1.165, 1.54) is 23.4 Å². The summed E-state index contributed by atoms with van der Waals surface area (Å²) in [4.78, 5) is 2.29. The highest BCUT2D eigenvalue weighted by molar-refractivity contribution is 5.32. The van der Waals surface area contributed by atoms with Crippen LogP contribution in [0.15, 0.2) is 72.9 Å². The number of ether oxygens (including phenoxy) is 1. The van der Waals surface area contributed by atoms with Crippen LogP contribution in [-0.2, 0) is 13.1 Å². The zero-order chi connectivity index (χ0) is 18.9. The minimum absolute atomic E-state index is 0.0575. The van der Waals surface area contributed by atoms with Gasteiger partial charge in [0.05, 0.1) is 6.04 Å². The summed E-state index contributed by atoms with van der Waals surface area (Å²) in [6.45, 7) is 2.20. The number of halogens is 3. The fourth-order valence-electron chi connectivity index (χ4n) is 3.69. The molecule has 1 aliphatic rings. The smallest absolute Gasteiger partial charge is 0.406 e. The van der Waals surface area contributed by atoms with E-state index in [4.69, 9.17) is 0 Å². The van der Waals surface area contributed by atoms with Crippen molar-refractivity contribution in [2.75, 3.05) is 6.54 Å². The van der Waals surface area contributed by atoms with Gasteiger partial charge in [-0.3, -0.25) is 4.90 Å². The number of alkyl halides is 3. The van der Waals surface area contributed by atoms with E-state index in [0.29, 0.717) is 6.54 Å². The van der Waals surface area contributed by atoms with E-state index in [1.54, 1.807) is 6.07 Å². The average molecular weight is 372 g/mol. The predicted molar refractivity (Wildman–Crippen MR) is 96.3 cm³/mol. The molecule has 0 N–H and O–H groups in total. The summed E-state index contributed by atoms with van der Waals surface area (Å²) in [6, 6.07) is 20.6. The highest BCUT2D eigenvalue weighted by atomic mass is 19.4. The second-order valence-electron chi connectivity index (χ2n) is 6.61. The summed E-state index contributed by atoms with van der Waals surface area (Å²) >= 11 is 0. The van der Waals surface area contributed by atoms with Gasteiger partial charge in [0.15, 0.2) is 0 Å². The summed E-state index contributed by atoms with van der Waals surface area (Å²) in [5, 5.41) is 0. The minimum atomic E-state index is -4.68. The molecule has 1 aromatic heterocycles. The minimum Gasteiger partial charge on any atom is -0.406 e. The Kier molecular flexibility index (Phi) is 4.66. The zero-order valence-corrected chi connectivity index (χ0v) is 14.6. The van der Waals surface area contributed by atoms with Gasteiger partial charge in [-0.2, -0.15) is 0 Å². The highest BCUT2D eigenvalue weighted by Gasteiger charge is 2.32. The van der Waals surface area contributed by atoms with Crippen LogP contribution in [0.25, 0.3) is 0 Å². The van der Waals surface area contributed by atoms with Crippen molar-refractivity contribution in [3.8, 4) is 5.75 Å². The van der Waals surface area contributed by atoms with E-state index in [1.807, 2.05) is 30.3 Å². The molecule has 0 saturated carbocycles. The lowest BCUT2D eigenvalue weighted by Gasteiger charge is -2.37. The second-order valence-corrected chi connectivity index (χ2v) is 6.61. The van der Waals surface area contributed by atoms with Gasteiger partial charge >= 0.3 is 6.36 Å². The third-order valence-corrected chi connectivity index (χ3v) is 4.77. The van der Waals surface area contributed by atoms with Crippen LogP contribution in [0.2, 0.25) is 0 Å². The Morgan fingerprint density at radius 1 is 0.926 bits per heavy atom. The van der Waals surface area contributed by atoms with Gasteiger partial charge in [0, 0.05) is 31.5 Å². The van der Waals surface area contributed by atoms with Gasteiger partial charge in [0.1, 0.15) is 5.75 Å². The van der Waals surface area contributed by atoms with E-state index >= 15 is 0 Å². The van der Waals surface area contributed by atoms with Crippen molar-refractivity contribution in [2.24, 2.45) is 0 Å². The molecule has 140 valence electrons. The Morgan fingerprint density at radius 3 is 2.52 bits per heavy atom. The van der Waals surface area contributed by atoms with Crippen molar-refractivity contribution in [3.63, 3.8) is 0 Å². The van der Waals surface area contributed by atoms with Gasteiger partial charge in [-0.15, -0.1) is 13.2 Å². The van der Waals surface area contributed by atoms with Crippen molar-refractivity contribution in [1.29, 1.82) is 0 Å². The maximum absolute atomic E-state index is 12.5. The Hall–Kier alpha value is -2.73. The van der Waals surface area contributed by atoms with E-state index < -0.39 is 6.36 Å². The van der Waals surface area contributed by atoms with E-state index in [9.17, 15) is 13.2 Å². The number of aromatic nitrogens is 1. The maximum Gasteiger partial charge on any atom is 0.573 e. The molecule has 3 nitrogen and oxygen atoms in total. The Morgan fingerprint density at radius 2 is 1.74 bits per heavy atom. The number of hydrogen-bond acceptors (Lipinski definition) is 2. The first kappa shape index (κ1) is 17.7. The summed E-state index contributed by atoms with van der Waals surface area (Å²) in [6.07, 6.45) is -2.61. The normalized spacial score (nSPS) is 17.5. The van der Waals surface area contributed by atoms with Crippen LogP contribution in [0, 0.1) is 0 Å². The molecule has 27 heavy (non-hydrogen) atoms. The van der Waals surface area contributed by atoms with Crippen LogP contribution < -0.4 is 4.74 Å². The van der Waals surface area contributed by atoms with Crippen molar-refractivity contribution < 1.29 is 17.9 Å². The van der Waals surface area contributed by atoms with Crippen LogP contribution in [0.5, 0.6) is 5.75 Å². The monoisotopic (exact) mass is 372 g/mol. The fourth-order valence-corrected chi connectivity index (χ4v) is 3.69.